The van der Waals surface area contributed by atoms with Crippen molar-refractivity contribution in [3.63, 3.8) is 0 Å². The average molecular weight is 863 g/mol. The van der Waals surface area contributed by atoms with Crippen LogP contribution in [0.15, 0.2) is 0 Å². The van der Waals surface area contributed by atoms with E-state index >= 15 is 0 Å². The molecule has 0 heterocycles. The minimum absolute atomic E-state index is 0.0624. The second-order valence-electron chi connectivity index (χ2n) is 19.1. The van der Waals surface area contributed by atoms with Gasteiger partial charge in [0.2, 0.25) is 0 Å². The molecule has 0 saturated heterocycles. The summed E-state index contributed by atoms with van der Waals surface area (Å²) >= 11 is 0. The molecule has 0 amide bonds. The molecule has 0 spiro atoms. The van der Waals surface area contributed by atoms with Crippen molar-refractivity contribution in [2.75, 3.05) is 13.2 Å². The van der Waals surface area contributed by atoms with Crippen molar-refractivity contribution in [3.8, 4) is 0 Å². The summed E-state index contributed by atoms with van der Waals surface area (Å²) in [6.07, 6.45) is 52.3. The van der Waals surface area contributed by atoms with Gasteiger partial charge in [0, 0.05) is 19.3 Å². The largest absolute Gasteiger partial charge is 0.462 e. The molecule has 0 aliphatic carbocycles. The molecular formula is C55H106O6. The lowest BCUT2D eigenvalue weighted by atomic mass is 9.99. The molecule has 0 aromatic heterocycles. The molecule has 1 unspecified atom stereocenters. The van der Waals surface area contributed by atoms with E-state index < -0.39 is 6.10 Å². The van der Waals surface area contributed by atoms with Crippen molar-refractivity contribution in [1.82, 2.24) is 0 Å². The first-order chi connectivity index (χ1) is 29.9. The molecule has 0 aromatic rings. The molecule has 0 fully saturated rings. The third kappa shape index (κ3) is 47.7. The Balaban J connectivity index is 4.15. The molecule has 0 bridgehead atoms. The Morgan fingerprint density at radius 3 is 0.852 bits per heavy atom. The van der Waals surface area contributed by atoms with Gasteiger partial charge in [0.25, 0.3) is 0 Å². The number of ether oxygens (including phenoxy) is 3. The second-order valence-corrected chi connectivity index (χ2v) is 19.1. The zero-order valence-corrected chi connectivity index (χ0v) is 41.6. The third-order valence-corrected chi connectivity index (χ3v) is 12.9. The smallest absolute Gasteiger partial charge is 0.306 e. The predicted octanol–water partition coefficient (Wildman–Crippen LogP) is 17.8. The molecule has 362 valence electrons. The van der Waals surface area contributed by atoms with Gasteiger partial charge in [-0.3, -0.25) is 14.4 Å². The fourth-order valence-corrected chi connectivity index (χ4v) is 8.36. The molecule has 2 atom stereocenters. The van der Waals surface area contributed by atoms with Crippen molar-refractivity contribution in [1.29, 1.82) is 0 Å². The van der Waals surface area contributed by atoms with Crippen LogP contribution >= 0.6 is 0 Å². The predicted molar refractivity (Wildman–Crippen MR) is 261 cm³/mol. The van der Waals surface area contributed by atoms with E-state index in [1.54, 1.807) is 0 Å². The highest BCUT2D eigenvalue weighted by Crippen LogP contribution is 2.18. The highest BCUT2D eigenvalue weighted by atomic mass is 16.6. The summed E-state index contributed by atoms with van der Waals surface area (Å²) in [7, 11) is 0. The Morgan fingerprint density at radius 2 is 0.574 bits per heavy atom. The van der Waals surface area contributed by atoms with Gasteiger partial charge in [-0.1, -0.05) is 272 Å². The lowest BCUT2D eigenvalue weighted by molar-refractivity contribution is -0.167. The maximum absolute atomic E-state index is 12.8. The van der Waals surface area contributed by atoms with Gasteiger partial charge in [0.05, 0.1) is 0 Å². The summed E-state index contributed by atoms with van der Waals surface area (Å²) in [5.74, 6) is 0.0664. The van der Waals surface area contributed by atoms with Crippen molar-refractivity contribution in [2.24, 2.45) is 5.92 Å². The van der Waals surface area contributed by atoms with Crippen LogP contribution in [0.3, 0.4) is 0 Å². The number of carbonyl (C=O) groups is 3. The summed E-state index contributed by atoms with van der Waals surface area (Å²) in [6.45, 7) is 9.07. The van der Waals surface area contributed by atoms with Crippen molar-refractivity contribution < 1.29 is 28.6 Å². The lowest BCUT2D eigenvalue weighted by Crippen LogP contribution is -2.30. The van der Waals surface area contributed by atoms with Crippen LogP contribution in [0.2, 0.25) is 0 Å². The van der Waals surface area contributed by atoms with Gasteiger partial charge >= 0.3 is 17.9 Å². The summed E-state index contributed by atoms with van der Waals surface area (Å²) in [4.78, 5) is 37.9. The number of carbonyl (C=O) groups excluding carboxylic acids is 3. The van der Waals surface area contributed by atoms with Gasteiger partial charge < -0.3 is 14.2 Å². The molecule has 0 aliphatic heterocycles. The molecule has 6 heteroatoms. The van der Waals surface area contributed by atoms with Crippen LogP contribution in [0.4, 0.5) is 0 Å². The van der Waals surface area contributed by atoms with Crippen LogP contribution in [-0.4, -0.2) is 37.2 Å². The summed E-state index contributed by atoms with van der Waals surface area (Å²) in [6, 6.07) is 0. The highest BCUT2D eigenvalue weighted by molar-refractivity contribution is 5.71. The highest BCUT2D eigenvalue weighted by Gasteiger charge is 2.19. The molecule has 0 saturated carbocycles. The Hall–Kier alpha value is -1.59. The normalized spacial score (nSPS) is 12.4. The number of hydrogen-bond donors (Lipinski definition) is 0. The zero-order chi connectivity index (χ0) is 44.5. The Bertz CT molecular complexity index is 920. The van der Waals surface area contributed by atoms with Gasteiger partial charge in [-0.25, -0.2) is 0 Å². The third-order valence-electron chi connectivity index (χ3n) is 12.9. The summed E-state index contributed by atoms with van der Waals surface area (Å²) < 4.78 is 16.8. The zero-order valence-electron chi connectivity index (χ0n) is 41.6. The van der Waals surface area contributed by atoms with Gasteiger partial charge in [-0.15, -0.1) is 0 Å². The minimum atomic E-state index is -0.759. The fourth-order valence-electron chi connectivity index (χ4n) is 8.36. The fraction of sp³-hybridized carbons (Fsp3) is 0.945. The maximum Gasteiger partial charge on any atom is 0.306 e. The molecule has 6 nitrogen and oxygen atoms in total. The second kappa shape index (κ2) is 49.4. The van der Waals surface area contributed by atoms with Crippen molar-refractivity contribution >= 4 is 17.9 Å². The van der Waals surface area contributed by atoms with E-state index in [-0.39, 0.29) is 31.1 Å². The van der Waals surface area contributed by atoms with Crippen molar-refractivity contribution in [2.45, 2.75) is 316 Å². The summed E-state index contributed by atoms with van der Waals surface area (Å²) in [5, 5.41) is 0. The number of esters is 3. The Labute approximate surface area is 380 Å². The number of rotatable bonds is 50. The first-order valence-electron chi connectivity index (χ1n) is 27.4. The standard InChI is InChI=1S/C55H106O6/c1-5-8-10-12-14-16-26-32-36-40-44-48-55(58)61-52(49-59-53(56)46-42-38-34-30-17-15-13-11-9-6-2)50-60-54(57)47-43-39-35-31-28-25-23-21-19-18-20-22-24-27-29-33-37-41-45-51(4)7-3/h51-52H,5-50H2,1-4H3/t51?,52-/m1/s1. The first-order valence-corrected chi connectivity index (χ1v) is 27.4. The van der Waals surface area contributed by atoms with E-state index in [9.17, 15) is 14.4 Å². The molecule has 0 aromatic carbocycles. The van der Waals surface area contributed by atoms with Gasteiger partial charge in [-0.05, 0) is 25.2 Å². The van der Waals surface area contributed by atoms with E-state index in [1.807, 2.05) is 0 Å². The van der Waals surface area contributed by atoms with E-state index in [0.717, 1.165) is 63.7 Å². The lowest BCUT2D eigenvalue weighted by Gasteiger charge is -2.18. The molecule has 0 radical (unpaired) electrons. The SMILES string of the molecule is CCCCCCCCCCCCCC(=O)O[C@H](COC(=O)CCCCCCCCCCCC)COC(=O)CCCCCCCCCCCCCCCCCCCCC(C)CC. The van der Waals surface area contributed by atoms with E-state index in [1.165, 1.54) is 205 Å². The Morgan fingerprint density at radius 1 is 0.328 bits per heavy atom. The van der Waals surface area contributed by atoms with Gasteiger partial charge in [0.15, 0.2) is 6.10 Å². The molecule has 0 rings (SSSR count). The molecule has 0 aliphatic rings. The van der Waals surface area contributed by atoms with Crippen LogP contribution in [0, 0.1) is 5.92 Å². The van der Waals surface area contributed by atoms with Crippen LogP contribution in [0.5, 0.6) is 0 Å². The first kappa shape index (κ1) is 59.4. The molecule has 61 heavy (non-hydrogen) atoms. The van der Waals surface area contributed by atoms with Gasteiger partial charge in [-0.2, -0.15) is 0 Å². The topological polar surface area (TPSA) is 78.9 Å². The van der Waals surface area contributed by atoms with E-state index in [0.29, 0.717) is 19.3 Å². The number of unbranched alkanes of at least 4 members (excludes halogenated alkanes) is 36. The average Bonchev–Trinajstić information content (AvgIpc) is 3.26. The maximum atomic E-state index is 12.8. The van der Waals surface area contributed by atoms with Gasteiger partial charge in [0.1, 0.15) is 13.2 Å². The molecule has 0 N–H and O–H groups in total. The van der Waals surface area contributed by atoms with E-state index in [4.69, 9.17) is 14.2 Å². The van der Waals surface area contributed by atoms with Crippen LogP contribution in [0.25, 0.3) is 0 Å². The van der Waals surface area contributed by atoms with Crippen LogP contribution in [0.1, 0.15) is 310 Å². The van der Waals surface area contributed by atoms with Crippen LogP contribution in [-0.2, 0) is 28.6 Å². The molecular weight excluding hydrogens is 757 g/mol. The Kier molecular flexibility index (Phi) is 48.1. The van der Waals surface area contributed by atoms with Crippen molar-refractivity contribution in [3.05, 3.63) is 0 Å². The quantitative estimate of drug-likeness (QED) is 0.0344. The number of hydrogen-bond acceptors (Lipinski definition) is 6. The summed E-state index contributed by atoms with van der Waals surface area (Å²) in [5.41, 5.74) is 0. The van der Waals surface area contributed by atoms with E-state index in [2.05, 4.69) is 27.7 Å². The minimum Gasteiger partial charge on any atom is -0.462 e. The van der Waals surface area contributed by atoms with Crippen LogP contribution < -0.4 is 0 Å². The monoisotopic (exact) mass is 863 g/mol.